The first-order chi connectivity index (χ1) is 8.67. The molecule has 2 amide bonds. The van der Waals surface area contributed by atoms with Crippen LogP contribution in [-0.2, 0) is 6.42 Å². The highest BCUT2D eigenvalue weighted by atomic mass is 16.5. The van der Waals surface area contributed by atoms with E-state index in [1.165, 1.54) is 0 Å². The van der Waals surface area contributed by atoms with E-state index < -0.39 is 0 Å². The van der Waals surface area contributed by atoms with Crippen molar-refractivity contribution in [3.63, 3.8) is 0 Å². The lowest BCUT2D eigenvalue weighted by Gasteiger charge is -2.17. The minimum Gasteiger partial charge on any atom is -0.481 e. The fraction of sp³-hybridized carbons (Fsp3) is 0.538. The van der Waals surface area contributed by atoms with Gasteiger partial charge < -0.3 is 15.0 Å². The number of carbonyl (C=O) groups excluding carboxylic acids is 1. The van der Waals surface area contributed by atoms with Gasteiger partial charge in [0.25, 0.3) is 0 Å². The van der Waals surface area contributed by atoms with Crippen LogP contribution in [0.3, 0.4) is 0 Å². The van der Waals surface area contributed by atoms with Crippen molar-refractivity contribution in [2.75, 3.05) is 27.2 Å². The standard InChI is InChI=1S/C13H21N3O2/c1-4-7-15-13(17)16(2)9-6-11-5-8-14-12(10-11)18-3/h5,8,10H,4,6-7,9H2,1-3H3,(H,15,17). The third kappa shape index (κ3) is 4.61. The number of ether oxygens (including phenoxy) is 1. The van der Waals surface area contributed by atoms with Gasteiger partial charge in [-0.15, -0.1) is 0 Å². The zero-order chi connectivity index (χ0) is 13.4. The number of aromatic nitrogens is 1. The van der Waals surface area contributed by atoms with E-state index in [9.17, 15) is 4.79 Å². The van der Waals surface area contributed by atoms with E-state index in [1.54, 1.807) is 25.3 Å². The first-order valence-electron chi connectivity index (χ1n) is 6.15. The second-order valence-electron chi connectivity index (χ2n) is 4.11. The number of amides is 2. The van der Waals surface area contributed by atoms with Gasteiger partial charge in [-0.25, -0.2) is 9.78 Å². The highest BCUT2D eigenvalue weighted by Crippen LogP contribution is 2.09. The van der Waals surface area contributed by atoms with Crippen LogP contribution in [0.15, 0.2) is 18.3 Å². The van der Waals surface area contributed by atoms with Crippen LogP contribution in [0.5, 0.6) is 5.88 Å². The Labute approximate surface area is 108 Å². The van der Waals surface area contributed by atoms with Crippen molar-refractivity contribution in [3.8, 4) is 5.88 Å². The summed E-state index contributed by atoms with van der Waals surface area (Å²) in [5, 5.41) is 2.84. The molecule has 1 aromatic heterocycles. The largest absolute Gasteiger partial charge is 0.481 e. The summed E-state index contributed by atoms with van der Waals surface area (Å²) in [4.78, 5) is 17.4. The molecule has 0 bridgehead atoms. The van der Waals surface area contributed by atoms with Crippen LogP contribution in [0.25, 0.3) is 0 Å². The quantitative estimate of drug-likeness (QED) is 0.837. The predicted octanol–water partition coefficient (Wildman–Crippen LogP) is 1.68. The van der Waals surface area contributed by atoms with Crippen LogP contribution in [0.2, 0.25) is 0 Å². The summed E-state index contributed by atoms with van der Waals surface area (Å²) in [6.07, 6.45) is 3.45. The van der Waals surface area contributed by atoms with Crippen molar-refractivity contribution in [1.29, 1.82) is 0 Å². The van der Waals surface area contributed by atoms with Crippen LogP contribution in [0.4, 0.5) is 4.79 Å². The Morgan fingerprint density at radius 2 is 2.33 bits per heavy atom. The van der Waals surface area contributed by atoms with Crippen LogP contribution < -0.4 is 10.1 Å². The van der Waals surface area contributed by atoms with E-state index in [0.717, 1.165) is 18.4 Å². The molecule has 0 saturated carbocycles. The normalized spacial score (nSPS) is 9.94. The summed E-state index contributed by atoms with van der Waals surface area (Å²) in [6.45, 7) is 3.42. The maximum Gasteiger partial charge on any atom is 0.317 e. The zero-order valence-corrected chi connectivity index (χ0v) is 11.3. The predicted molar refractivity (Wildman–Crippen MR) is 70.8 cm³/mol. The van der Waals surface area contributed by atoms with Gasteiger partial charge in [-0.1, -0.05) is 6.92 Å². The van der Waals surface area contributed by atoms with Crippen LogP contribution in [0.1, 0.15) is 18.9 Å². The summed E-state index contributed by atoms with van der Waals surface area (Å²) in [6, 6.07) is 3.79. The molecule has 1 aromatic rings. The number of rotatable bonds is 6. The molecule has 18 heavy (non-hydrogen) atoms. The van der Waals surface area contributed by atoms with Gasteiger partial charge >= 0.3 is 6.03 Å². The molecule has 0 aliphatic carbocycles. The lowest BCUT2D eigenvalue weighted by atomic mass is 10.2. The molecule has 0 aromatic carbocycles. The van der Waals surface area contributed by atoms with Crippen molar-refractivity contribution < 1.29 is 9.53 Å². The molecule has 1 heterocycles. The summed E-state index contributed by atoms with van der Waals surface area (Å²) in [7, 11) is 3.39. The van der Waals surface area contributed by atoms with E-state index in [-0.39, 0.29) is 6.03 Å². The molecule has 1 rings (SSSR count). The number of hydrogen-bond donors (Lipinski definition) is 1. The van der Waals surface area contributed by atoms with Gasteiger partial charge in [0.2, 0.25) is 5.88 Å². The minimum absolute atomic E-state index is 0.0297. The van der Waals surface area contributed by atoms with Crippen LogP contribution in [-0.4, -0.2) is 43.2 Å². The van der Waals surface area contributed by atoms with Crippen molar-refractivity contribution in [2.45, 2.75) is 19.8 Å². The second-order valence-corrected chi connectivity index (χ2v) is 4.11. The molecule has 0 unspecified atom stereocenters. The average Bonchev–Trinajstić information content (AvgIpc) is 2.42. The van der Waals surface area contributed by atoms with Crippen LogP contribution in [0, 0.1) is 0 Å². The lowest BCUT2D eigenvalue weighted by molar-refractivity contribution is 0.209. The number of hydrogen-bond acceptors (Lipinski definition) is 3. The Kier molecular flexibility index (Phi) is 5.97. The Morgan fingerprint density at radius 1 is 1.56 bits per heavy atom. The van der Waals surface area contributed by atoms with E-state index in [4.69, 9.17) is 4.74 Å². The Bertz CT molecular complexity index is 382. The molecule has 5 heteroatoms. The lowest BCUT2D eigenvalue weighted by Crippen LogP contribution is -2.38. The molecule has 5 nitrogen and oxygen atoms in total. The third-order valence-electron chi connectivity index (χ3n) is 2.62. The number of likely N-dealkylation sites (N-methyl/N-ethyl adjacent to an activating group) is 1. The van der Waals surface area contributed by atoms with E-state index in [0.29, 0.717) is 19.0 Å². The van der Waals surface area contributed by atoms with Gasteiger partial charge in [0.1, 0.15) is 0 Å². The van der Waals surface area contributed by atoms with Crippen molar-refractivity contribution in [2.24, 2.45) is 0 Å². The SMILES string of the molecule is CCCNC(=O)N(C)CCc1ccnc(OC)c1. The second kappa shape index (κ2) is 7.53. The Morgan fingerprint density at radius 3 is 3.00 bits per heavy atom. The molecule has 0 aliphatic heterocycles. The molecule has 0 spiro atoms. The molecule has 0 saturated heterocycles. The maximum absolute atomic E-state index is 11.6. The van der Waals surface area contributed by atoms with Gasteiger partial charge in [-0.3, -0.25) is 0 Å². The highest BCUT2D eigenvalue weighted by molar-refractivity contribution is 5.73. The van der Waals surface area contributed by atoms with Crippen LogP contribution >= 0.6 is 0 Å². The van der Waals surface area contributed by atoms with E-state index >= 15 is 0 Å². The Hall–Kier alpha value is -1.78. The molecule has 1 N–H and O–H groups in total. The zero-order valence-electron chi connectivity index (χ0n) is 11.3. The summed E-state index contributed by atoms with van der Waals surface area (Å²) in [5.74, 6) is 0.602. The van der Waals surface area contributed by atoms with Gasteiger partial charge in [0.15, 0.2) is 0 Å². The number of urea groups is 1. The molecular formula is C13H21N3O2. The molecule has 0 atom stereocenters. The summed E-state index contributed by atoms with van der Waals surface area (Å²) < 4.78 is 5.06. The monoisotopic (exact) mass is 251 g/mol. The molecular weight excluding hydrogens is 230 g/mol. The number of pyridine rings is 1. The number of carbonyl (C=O) groups is 1. The van der Waals surface area contributed by atoms with Gasteiger partial charge in [-0.05, 0) is 24.5 Å². The smallest absolute Gasteiger partial charge is 0.317 e. The van der Waals surface area contributed by atoms with E-state index in [2.05, 4.69) is 10.3 Å². The summed E-state index contributed by atoms with van der Waals surface area (Å²) >= 11 is 0. The fourth-order valence-corrected chi connectivity index (χ4v) is 1.48. The average molecular weight is 251 g/mol. The highest BCUT2D eigenvalue weighted by Gasteiger charge is 2.07. The third-order valence-corrected chi connectivity index (χ3v) is 2.62. The van der Waals surface area contributed by atoms with Gasteiger partial charge in [0.05, 0.1) is 7.11 Å². The van der Waals surface area contributed by atoms with Gasteiger partial charge in [0, 0.05) is 32.4 Å². The number of nitrogens with one attached hydrogen (secondary N) is 1. The first kappa shape index (κ1) is 14.3. The van der Waals surface area contributed by atoms with Crippen molar-refractivity contribution in [3.05, 3.63) is 23.9 Å². The molecule has 0 fully saturated rings. The van der Waals surface area contributed by atoms with Crippen molar-refractivity contribution in [1.82, 2.24) is 15.2 Å². The first-order valence-corrected chi connectivity index (χ1v) is 6.15. The maximum atomic E-state index is 11.6. The fourth-order valence-electron chi connectivity index (χ4n) is 1.48. The Balaban J connectivity index is 2.41. The van der Waals surface area contributed by atoms with Crippen molar-refractivity contribution >= 4 is 6.03 Å². The molecule has 0 radical (unpaired) electrons. The van der Waals surface area contributed by atoms with Gasteiger partial charge in [-0.2, -0.15) is 0 Å². The van der Waals surface area contributed by atoms with E-state index in [1.807, 2.05) is 19.1 Å². The molecule has 0 aliphatic rings. The minimum atomic E-state index is -0.0297. The molecule has 100 valence electrons. The summed E-state index contributed by atoms with van der Waals surface area (Å²) in [5.41, 5.74) is 1.11. The topological polar surface area (TPSA) is 54.5 Å². The number of methoxy groups -OCH3 is 1. The number of nitrogens with zero attached hydrogens (tertiary/aromatic N) is 2.